The molecule has 7 heteroatoms. The largest absolute Gasteiger partial charge is 0.393 e. The second-order valence-electron chi connectivity index (χ2n) is 4.93. The summed E-state index contributed by atoms with van der Waals surface area (Å²) in [5.41, 5.74) is -0.118. The highest BCUT2D eigenvalue weighted by Gasteiger charge is 2.45. The van der Waals surface area contributed by atoms with E-state index in [1.807, 2.05) is 0 Å². The van der Waals surface area contributed by atoms with Gasteiger partial charge in [-0.15, -0.1) is 0 Å². The van der Waals surface area contributed by atoms with Crippen molar-refractivity contribution in [3.63, 3.8) is 0 Å². The number of anilines is 1. The third-order valence-electron chi connectivity index (χ3n) is 3.52. The molecule has 0 spiro atoms. The molecule has 1 aromatic rings. The lowest BCUT2D eigenvalue weighted by Crippen LogP contribution is -2.41. The van der Waals surface area contributed by atoms with Crippen LogP contribution in [0.1, 0.15) is 25.7 Å². The van der Waals surface area contributed by atoms with Gasteiger partial charge in [0.25, 0.3) is 0 Å². The Morgan fingerprint density at radius 3 is 2.35 bits per heavy atom. The van der Waals surface area contributed by atoms with Crippen LogP contribution in [0.2, 0.25) is 0 Å². The molecule has 1 aromatic carbocycles. The van der Waals surface area contributed by atoms with Crippen LogP contribution in [0.4, 0.5) is 27.6 Å². The fraction of sp³-hybridized carbons (Fsp3) is 0.538. The van der Waals surface area contributed by atoms with Gasteiger partial charge in [-0.25, -0.2) is 8.78 Å². The minimum Gasteiger partial charge on any atom is -0.378 e. The molecule has 1 saturated carbocycles. The quantitative estimate of drug-likeness (QED) is 0.711. The molecule has 0 heterocycles. The normalized spacial score (nSPS) is 23.7. The van der Waals surface area contributed by atoms with Gasteiger partial charge in [0.1, 0.15) is 11.6 Å². The number of alkyl halides is 3. The molecule has 1 fully saturated rings. The Bertz CT molecular complexity index is 465. The van der Waals surface area contributed by atoms with Gasteiger partial charge in [-0.2, -0.15) is 13.2 Å². The second-order valence-corrected chi connectivity index (χ2v) is 5.78. The predicted octanol–water partition coefficient (Wildman–Crippen LogP) is 5.26. The van der Waals surface area contributed by atoms with Gasteiger partial charge in [0.05, 0.1) is 11.6 Å². The second kappa shape index (κ2) is 5.87. The van der Waals surface area contributed by atoms with Crippen LogP contribution in [0.5, 0.6) is 0 Å². The van der Waals surface area contributed by atoms with Crippen LogP contribution in [-0.4, -0.2) is 12.2 Å². The SMILES string of the molecule is Fc1cc(F)c(NC2CCCCC2C(F)(F)F)c(Br)c1. The molecule has 1 nitrogen and oxygen atoms in total. The molecule has 20 heavy (non-hydrogen) atoms. The summed E-state index contributed by atoms with van der Waals surface area (Å²) in [4.78, 5) is 0. The molecular weight excluding hydrogens is 345 g/mol. The van der Waals surface area contributed by atoms with E-state index in [2.05, 4.69) is 21.2 Å². The van der Waals surface area contributed by atoms with Gasteiger partial charge in [0.2, 0.25) is 0 Å². The van der Waals surface area contributed by atoms with Gasteiger partial charge in [-0.3, -0.25) is 0 Å². The van der Waals surface area contributed by atoms with Crippen molar-refractivity contribution in [2.24, 2.45) is 5.92 Å². The maximum Gasteiger partial charge on any atom is 0.393 e. The monoisotopic (exact) mass is 357 g/mol. The van der Waals surface area contributed by atoms with Crippen LogP contribution in [0.25, 0.3) is 0 Å². The smallest absolute Gasteiger partial charge is 0.378 e. The average molecular weight is 358 g/mol. The standard InChI is InChI=1S/C13H13BrF5N/c14-9-5-7(15)6-10(16)12(9)20-11-4-2-1-3-8(11)13(17,18)19/h5-6,8,11,20H,1-4H2. The lowest BCUT2D eigenvalue weighted by molar-refractivity contribution is -0.184. The number of halogens is 6. The summed E-state index contributed by atoms with van der Waals surface area (Å²) in [7, 11) is 0. The molecule has 0 aromatic heterocycles. The number of benzene rings is 1. The average Bonchev–Trinajstić information content (AvgIpc) is 2.33. The summed E-state index contributed by atoms with van der Waals surface area (Å²) < 4.78 is 65.6. The Kier molecular flexibility index (Phi) is 4.56. The van der Waals surface area contributed by atoms with E-state index >= 15 is 0 Å². The van der Waals surface area contributed by atoms with Crippen molar-refractivity contribution in [3.8, 4) is 0 Å². The fourth-order valence-electron chi connectivity index (χ4n) is 2.56. The summed E-state index contributed by atoms with van der Waals surface area (Å²) >= 11 is 2.97. The zero-order chi connectivity index (χ0) is 14.9. The minimum absolute atomic E-state index is 0.0294. The summed E-state index contributed by atoms with van der Waals surface area (Å²) in [6.07, 6.45) is -2.81. The van der Waals surface area contributed by atoms with E-state index in [-0.39, 0.29) is 16.6 Å². The summed E-state index contributed by atoms with van der Waals surface area (Å²) in [5.74, 6) is -3.19. The van der Waals surface area contributed by atoms with Crippen LogP contribution in [0.3, 0.4) is 0 Å². The highest BCUT2D eigenvalue weighted by molar-refractivity contribution is 9.10. The van der Waals surface area contributed by atoms with Crippen molar-refractivity contribution in [2.75, 3.05) is 5.32 Å². The van der Waals surface area contributed by atoms with Gasteiger partial charge >= 0.3 is 6.18 Å². The Balaban J connectivity index is 2.23. The van der Waals surface area contributed by atoms with Crippen LogP contribution < -0.4 is 5.32 Å². The van der Waals surface area contributed by atoms with Crippen LogP contribution in [-0.2, 0) is 0 Å². The Morgan fingerprint density at radius 2 is 1.75 bits per heavy atom. The van der Waals surface area contributed by atoms with Gasteiger partial charge in [0.15, 0.2) is 0 Å². The van der Waals surface area contributed by atoms with E-state index in [0.29, 0.717) is 25.3 Å². The van der Waals surface area contributed by atoms with Crippen LogP contribution in [0.15, 0.2) is 16.6 Å². The van der Waals surface area contributed by atoms with Crippen molar-refractivity contribution in [3.05, 3.63) is 28.2 Å². The van der Waals surface area contributed by atoms with E-state index in [1.54, 1.807) is 0 Å². The first-order valence-corrected chi connectivity index (χ1v) is 7.06. The third kappa shape index (κ3) is 3.42. The van der Waals surface area contributed by atoms with Crippen molar-refractivity contribution < 1.29 is 22.0 Å². The van der Waals surface area contributed by atoms with Gasteiger partial charge in [-0.1, -0.05) is 12.8 Å². The van der Waals surface area contributed by atoms with Gasteiger partial charge < -0.3 is 5.32 Å². The van der Waals surface area contributed by atoms with E-state index in [9.17, 15) is 22.0 Å². The lowest BCUT2D eigenvalue weighted by atomic mass is 9.84. The molecule has 112 valence electrons. The molecule has 2 atom stereocenters. The Hall–Kier alpha value is -0.850. The van der Waals surface area contributed by atoms with E-state index in [1.165, 1.54) is 0 Å². The molecule has 0 amide bonds. The minimum atomic E-state index is -4.32. The van der Waals surface area contributed by atoms with E-state index in [4.69, 9.17) is 0 Å². The fourth-order valence-corrected chi connectivity index (χ4v) is 3.08. The molecule has 0 radical (unpaired) electrons. The van der Waals surface area contributed by atoms with E-state index < -0.39 is 29.8 Å². The number of hydrogen-bond donors (Lipinski definition) is 1. The van der Waals surface area contributed by atoms with Crippen molar-refractivity contribution in [1.82, 2.24) is 0 Å². The molecule has 2 rings (SSSR count). The zero-order valence-corrected chi connectivity index (χ0v) is 12.0. The highest BCUT2D eigenvalue weighted by Crippen LogP contribution is 2.40. The molecule has 0 aliphatic heterocycles. The maximum absolute atomic E-state index is 13.7. The van der Waals surface area contributed by atoms with Crippen LogP contribution >= 0.6 is 15.9 Å². The predicted molar refractivity (Wildman–Crippen MR) is 69.5 cm³/mol. The zero-order valence-electron chi connectivity index (χ0n) is 10.4. The number of rotatable bonds is 2. The van der Waals surface area contributed by atoms with Crippen molar-refractivity contribution in [2.45, 2.75) is 37.9 Å². The van der Waals surface area contributed by atoms with E-state index in [0.717, 1.165) is 6.07 Å². The first kappa shape index (κ1) is 15.5. The highest BCUT2D eigenvalue weighted by atomic mass is 79.9. The Morgan fingerprint density at radius 1 is 1.10 bits per heavy atom. The molecule has 1 aliphatic rings. The summed E-state index contributed by atoms with van der Waals surface area (Å²) in [5, 5.41) is 2.59. The molecule has 1 aliphatic carbocycles. The number of nitrogens with one attached hydrogen (secondary N) is 1. The molecule has 0 saturated heterocycles. The molecule has 1 N–H and O–H groups in total. The van der Waals surface area contributed by atoms with Crippen molar-refractivity contribution >= 4 is 21.6 Å². The lowest BCUT2D eigenvalue weighted by Gasteiger charge is -2.34. The summed E-state index contributed by atoms with van der Waals surface area (Å²) in [6.45, 7) is 0. The van der Waals surface area contributed by atoms with Gasteiger partial charge in [0, 0.05) is 16.6 Å². The number of hydrogen-bond acceptors (Lipinski definition) is 1. The molecule has 0 bridgehead atoms. The van der Waals surface area contributed by atoms with Crippen molar-refractivity contribution in [1.29, 1.82) is 0 Å². The van der Waals surface area contributed by atoms with Crippen LogP contribution in [0, 0.1) is 17.6 Å². The molecular formula is C13H13BrF5N. The first-order valence-electron chi connectivity index (χ1n) is 6.27. The molecule has 2 unspecified atom stereocenters. The Labute approximate surface area is 121 Å². The van der Waals surface area contributed by atoms with Gasteiger partial charge in [-0.05, 0) is 34.8 Å². The summed E-state index contributed by atoms with van der Waals surface area (Å²) in [6, 6.07) is 0.787. The third-order valence-corrected chi connectivity index (χ3v) is 4.15. The topological polar surface area (TPSA) is 12.0 Å². The maximum atomic E-state index is 13.7. The first-order chi connectivity index (χ1) is 9.29.